The maximum absolute atomic E-state index is 11.5. The zero-order valence-corrected chi connectivity index (χ0v) is 25.4. The second-order valence-corrected chi connectivity index (χ2v) is 11.1. The monoisotopic (exact) mass is 584 g/mol. The van der Waals surface area contributed by atoms with Crippen molar-refractivity contribution in [3.8, 4) is 28.7 Å². The summed E-state index contributed by atoms with van der Waals surface area (Å²) in [5, 5.41) is 13.6. The van der Waals surface area contributed by atoms with Crippen molar-refractivity contribution >= 4 is 5.97 Å². The molecule has 0 saturated carbocycles. The predicted molar refractivity (Wildman–Crippen MR) is 165 cm³/mol. The van der Waals surface area contributed by atoms with Gasteiger partial charge in [-0.2, -0.15) is 9.78 Å². The van der Waals surface area contributed by atoms with Gasteiger partial charge in [0.25, 0.3) is 0 Å². The van der Waals surface area contributed by atoms with Crippen LogP contribution in [0.15, 0.2) is 54.7 Å². The van der Waals surface area contributed by atoms with Gasteiger partial charge in [0.1, 0.15) is 17.9 Å². The van der Waals surface area contributed by atoms with Crippen LogP contribution in [-0.2, 0) is 24.3 Å². The minimum atomic E-state index is -1.11. The molecule has 1 N–H and O–H groups in total. The van der Waals surface area contributed by atoms with Crippen molar-refractivity contribution < 1.29 is 24.1 Å². The lowest BCUT2D eigenvalue weighted by Crippen LogP contribution is -2.27. The molecule has 43 heavy (non-hydrogen) atoms. The van der Waals surface area contributed by atoms with Crippen LogP contribution >= 0.6 is 0 Å². The van der Waals surface area contributed by atoms with E-state index in [1.165, 1.54) is 59.5 Å². The number of carbonyl (C=O) groups is 1. The quantitative estimate of drug-likeness (QED) is 0.282. The number of benzene rings is 2. The van der Waals surface area contributed by atoms with Gasteiger partial charge in [-0.15, -0.1) is 0 Å². The van der Waals surface area contributed by atoms with Crippen molar-refractivity contribution in [1.82, 2.24) is 19.7 Å². The van der Waals surface area contributed by atoms with Crippen molar-refractivity contribution in [2.45, 2.75) is 52.7 Å². The van der Waals surface area contributed by atoms with Crippen molar-refractivity contribution in [2.24, 2.45) is 0 Å². The molecule has 0 atom stereocenters. The molecule has 2 aromatic carbocycles. The third kappa shape index (κ3) is 6.89. The number of likely N-dealkylation sites (N-methyl/N-ethyl adjacent to an activating group) is 1. The highest BCUT2D eigenvalue weighted by Gasteiger charge is 2.21. The topological polar surface area (TPSA) is 98.9 Å². The molecular weight excluding hydrogens is 544 g/mol. The van der Waals surface area contributed by atoms with E-state index >= 15 is 0 Å². The van der Waals surface area contributed by atoms with Gasteiger partial charge >= 0.3 is 5.97 Å². The van der Waals surface area contributed by atoms with E-state index in [4.69, 9.17) is 19.2 Å². The largest absolute Gasteiger partial charge is 0.488 e. The molecular formula is C34H40N4O5. The Morgan fingerprint density at radius 1 is 1.05 bits per heavy atom. The normalized spacial score (nSPS) is 14.8. The smallest absolute Gasteiger partial charge is 0.342 e. The lowest BCUT2D eigenvalue weighted by molar-refractivity contribution is 0.0693. The van der Waals surface area contributed by atoms with Crippen molar-refractivity contribution in [2.75, 3.05) is 33.9 Å². The summed E-state index contributed by atoms with van der Waals surface area (Å²) in [6, 6.07) is 15.9. The highest BCUT2D eigenvalue weighted by Crippen LogP contribution is 2.34. The van der Waals surface area contributed by atoms with Crippen LogP contribution < -0.4 is 9.47 Å². The molecule has 2 aromatic heterocycles. The number of para-hydroxylation sites is 1. The van der Waals surface area contributed by atoms with Crippen LogP contribution in [-0.4, -0.2) is 64.7 Å². The summed E-state index contributed by atoms with van der Waals surface area (Å²) < 4.78 is 18.2. The van der Waals surface area contributed by atoms with E-state index in [0.717, 1.165) is 49.6 Å². The Hall–Kier alpha value is -4.21. The highest BCUT2D eigenvalue weighted by atomic mass is 16.5. The molecule has 2 aliphatic rings. The third-order valence-electron chi connectivity index (χ3n) is 8.03. The first-order valence-electron chi connectivity index (χ1n) is 14.8. The number of pyridine rings is 1. The minimum absolute atomic E-state index is 0.0265. The molecule has 4 aromatic rings. The van der Waals surface area contributed by atoms with Crippen LogP contribution in [0.2, 0.25) is 0 Å². The molecule has 0 aliphatic carbocycles. The fourth-order valence-corrected chi connectivity index (χ4v) is 5.60. The molecule has 0 amide bonds. The van der Waals surface area contributed by atoms with Gasteiger partial charge < -0.3 is 24.2 Å². The van der Waals surface area contributed by atoms with E-state index in [2.05, 4.69) is 36.1 Å². The first-order valence-corrected chi connectivity index (χ1v) is 14.8. The number of hydrogen-bond acceptors (Lipinski definition) is 7. The molecule has 0 bridgehead atoms. The van der Waals surface area contributed by atoms with Crippen molar-refractivity contribution in [3.05, 3.63) is 88.1 Å². The van der Waals surface area contributed by atoms with Crippen LogP contribution in [0.4, 0.5) is 0 Å². The summed E-state index contributed by atoms with van der Waals surface area (Å²) in [5.74, 6) is 0.220. The van der Waals surface area contributed by atoms with Crippen LogP contribution in [0.3, 0.4) is 0 Å². The third-order valence-corrected chi connectivity index (χ3v) is 8.03. The first kappa shape index (κ1) is 30.3. The summed E-state index contributed by atoms with van der Waals surface area (Å²) >= 11 is 0. The van der Waals surface area contributed by atoms with E-state index in [0.29, 0.717) is 18.1 Å². The molecule has 2 aliphatic heterocycles. The van der Waals surface area contributed by atoms with Gasteiger partial charge in [0.2, 0.25) is 5.88 Å². The second kappa shape index (κ2) is 13.8. The van der Waals surface area contributed by atoms with E-state index in [1.807, 2.05) is 37.3 Å². The number of ether oxygens (including phenoxy) is 3. The summed E-state index contributed by atoms with van der Waals surface area (Å²) in [7, 11) is 3.57. The molecule has 9 heteroatoms. The van der Waals surface area contributed by atoms with Gasteiger partial charge in [-0.05, 0) is 92.6 Å². The lowest BCUT2D eigenvalue weighted by atomic mass is 9.92. The highest BCUT2D eigenvalue weighted by molar-refractivity contribution is 5.90. The fourth-order valence-electron chi connectivity index (χ4n) is 5.60. The molecule has 1 saturated heterocycles. The second-order valence-electron chi connectivity index (χ2n) is 11.1. The first-order chi connectivity index (χ1) is 20.9. The number of aryl methyl sites for hydroxylation is 1. The van der Waals surface area contributed by atoms with Gasteiger partial charge in [-0.1, -0.05) is 30.3 Å². The van der Waals surface area contributed by atoms with Crippen molar-refractivity contribution in [3.63, 3.8) is 0 Å². The van der Waals surface area contributed by atoms with Gasteiger partial charge in [0, 0.05) is 31.9 Å². The van der Waals surface area contributed by atoms with Gasteiger partial charge in [-0.25, -0.2) is 9.78 Å². The molecule has 0 spiro atoms. The number of carboxylic acids is 1. The summed E-state index contributed by atoms with van der Waals surface area (Å²) in [6.45, 7) is 8.72. The van der Waals surface area contributed by atoms with E-state index in [1.54, 1.807) is 6.07 Å². The number of nitrogens with zero attached hydrogens (tertiary/aromatic N) is 4. The average Bonchev–Trinajstić information content (AvgIpc) is 3.47. The minimum Gasteiger partial charge on any atom is -0.488 e. The maximum atomic E-state index is 11.5. The summed E-state index contributed by atoms with van der Waals surface area (Å²) in [6.07, 6.45) is 6.24. The number of aromatic carboxylic acids is 1. The van der Waals surface area contributed by atoms with E-state index in [-0.39, 0.29) is 11.4 Å². The SMILES string of the molecule is C1CCOCC1.COc1c(C(=O)O)cnn1-c1cccc(-c2cccc(C)c2OCc2ccc3c(c2C)CCN(C)C3)n1. The van der Waals surface area contributed by atoms with Crippen LogP contribution in [0.1, 0.15) is 57.4 Å². The zero-order valence-electron chi connectivity index (χ0n) is 25.4. The zero-order chi connectivity index (χ0) is 30.3. The van der Waals surface area contributed by atoms with Crippen LogP contribution in [0.5, 0.6) is 11.6 Å². The lowest BCUT2D eigenvalue weighted by Gasteiger charge is -2.27. The molecule has 0 unspecified atom stereocenters. The number of hydrogen-bond donors (Lipinski definition) is 1. The average molecular weight is 585 g/mol. The molecule has 4 heterocycles. The van der Waals surface area contributed by atoms with Crippen LogP contribution in [0.25, 0.3) is 17.1 Å². The number of methoxy groups -OCH3 is 1. The molecule has 6 rings (SSSR count). The van der Waals surface area contributed by atoms with E-state index in [9.17, 15) is 9.90 Å². The number of rotatable bonds is 7. The Morgan fingerprint density at radius 3 is 2.53 bits per heavy atom. The molecule has 0 radical (unpaired) electrons. The molecule has 226 valence electrons. The number of fused-ring (bicyclic) bond motifs is 1. The summed E-state index contributed by atoms with van der Waals surface area (Å²) in [5.41, 5.74) is 7.84. The maximum Gasteiger partial charge on any atom is 0.342 e. The van der Waals surface area contributed by atoms with Crippen molar-refractivity contribution in [1.29, 1.82) is 0 Å². The van der Waals surface area contributed by atoms with Gasteiger partial charge in [0.15, 0.2) is 5.82 Å². The molecule has 1 fully saturated rings. The Labute approximate surface area is 253 Å². The van der Waals surface area contributed by atoms with Gasteiger partial charge in [0.05, 0.1) is 19.0 Å². The van der Waals surface area contributed by atoms with E-state index < -0.39 is 5.97 Å². The predicted octanol–water partition coefficient (Wildman–Crippen LogP) is 6.01. The number of aromatic nitrogens is 3. The Kier molecular flexibility index (Phi) is 9.74. The Balaban J connectivity index is 0.000000548. The Bertz CT molecular complexity index is 1570. The standard InChI is InChI=1S/C29H30N4O4.C5H10O/c1-18-7-5-8-23(25-9-6-10-26(31-25)33-28(36-4)24(15-30-33)29(34)35)27(18)37-17-21-12-11-20-16-32(3)14-13-22(20)19(21)2;1-2-4-6-5-3-1/h5-12,15H,13-14,16-17H2,1-4H3,(H,34,35);1-5H2. The number of carboxylic acid groups (broad SMARTS) is 1. The fraction of sp³-hybridized carbons (Fsp3) is 0.382. The van der Waals surface area contributed by atoms with Gasteiger partial charge in [-0.3, -0.25) is 0 Å². The summed E-state index contributed by atoms with van der Waals surface area (Å²) in [4.78, 5) is 18.7. The Morgan fingerprint density at radius 2 is 1.84 bits per heavy atom. The van der Waals surface area contributed by atoms with Crippen LogP contribution in [0, 0.1) is 13.8 Å². The molecule has 9 nitrogen and oxygen atoms in total.